The number of carbonyl (C=O) groups excluding carboxylic acids is 1. The molecule has 8 heteroatoms. The fraction of sp³-hybridized carbons (Fsp3) is 0.400. The summed E-state index contributed by atoms with van der Waals surface area (Å²) in [5.74, 6) is 0.448. The summed E-state index contributed by atoms with van der Waals surface area (Å²) in [7, 11) is 0. The number of halogens is 3. The lowest BCUT2D eigenvalue weighted by Crippen LogP contribution is -2.20. The van der Waals surface area contributed by atoms with Gasteiger partial charge in [-0.15, -0.1) is 11.3 Å². The quantitative estimate of drug-likeness (QED) is 0.582. The monoisotopic (exact) mass is 456 g/mol. The highest BCUT2D eigenvalue weighted by atomic mass is 35.5. The summed E-state index contributed by atoms with van der Waals surface area (Å²) in [5.41, 5.74) is 2.92. The van der Waals surface area contributed by atoms with E-state index >= 15 is 0 Å². The largest absolute Gasteiger partial charge is 0.481 e. The number of benzene rings is 1. The minimum atomic E-state index is -0.375. The van der Waals surface area contributed by atoms with Crippen molar-refractivity contribution < 1.29 is 9.53 Å². The number of hydrogen-bond donors (Lipinski definition) is 1. The molecule has 1 aliphatic carbocycles. The maximum Gasteiger partial charge on any atom is 0.262 e. The molecule has 0 saturated carbocycles. The molecule has 148 valence electrons. The summed E-state index contributed by atoms with van der Waals surface area (Å²) < 4.78 is 5.60. The third kappa shape index (κ3) is 3.97. The third-order valence-electron chi connectivity index (χ3n) is 4.94. The lowest BCUT2D eigenvalue weighted by Gasteiger charge is -2.17. The van der Waals surface area contributed by atoms with Crippen molar-refractivity contribution in [2.45, 2.75) is 40.0 Å². The second-order valence-electron chi connectivity index (χ2n) is 7.03. The molecular formula is C20H19Cl3N2O2S. The number of rotatable bonds is 4. The summed E-state index contributed by atoms with van der Waals surface area (Å²) >= 11 is 20.2. The molecule has 0 fully saturated rings. The van der Waals surface area contributed by atoms with Gasteiger partial charge in [0.15, 0.2) is 12.4 Å². The molecule has 0 radical (unpaired) electrons. The van der Waals surface area contributed by atoms with Gasteiger partial charge in [-0.1, -0.05) is 41.7 Å². The van der Waals surface area contributed by atoms with Gasteiger partial charge in [-0.2, -0.15) is 5.26 Å². The Morgan fingerprint density at radius 3 is 2.50 bits per heavy atom. The molecule has 1 aromatic heterocycles. The standard InChI is InChI=1S/C20H19Cl3N2O2S/c1-9-4-5-12-13(7-24)20(28-14(12)6-9)25-15(26)8-27-19-17(22)10(2)16(21)11(3)18(19)23/h9H,4-6,8H2,1-3H3,(H,25,26)/t9-/m1/s1. The molecule has 2 aromatic rings. The van der Waals surface area contributed by atoms with E-state index in [4.69, 9.17) is 39.5 Å². The van der Waals surface area contributed by atoms with Gasteiger partial charge in [-0.05, 0) is 55.7 Å². The van der Waals surface area contributed by atoms with Crippen LogP contribution in [0.25, 0.3) is 0 Å². The van der Waals surface area contributed by atoms with Gasteiger partial charge < -0.3 is 10.1 Å². The molecule has 0 saturated heterocycles. The fourth-order valence-electron chi connectivity index (χ4n) is 3.30. The van der Waals surface area contributed by atoms with Gasteiger partial charge in [0, 0.05) is 9.90 Å². The number of anilines is 1. The molecule has 1 atom stereocenters. The predicted octanol–water partition coefficient (Wildman–Crippen LogP) is 6.34. The molecule has 3 rings (SSSR count). The van der Waals surface area contributed by atoms with Crippen molar-refractivity contribution in [2.75, 3.05) is 11.9 Å². The van der Waals surface area contributed by atoms with Crippen molar-refractivity contribution in [3.63, 3.8) is 0 Å². The summed E-state index contributed by atoms with van der Waals surface area (Å²) in [6.07, 6.45) is 2.87. The van der Waals surface area contributed by atoms with Crippen LogP contribution in [-0.2, 0) is 17.6 Å². The van der Waals surface area contributed by atoms with Crippen LogP contribution in [0, 0.1) is 31.1 Å². The van der Waals surface area contributed by atoms with Crippen molar-refractivity contribution in [3.05, 3.63) is 42.2 Å². The topological polar surface area (TPSA) is 62.1 Å². The zero-order chi connectivity index (χ0) is 20.6. The van der Waals surface area contributed by atoms with E-state index < -0.39 is 0 Å². The van der Waals surface area contributed by atoms with E-state index in [1.165, 1.54) is 16.2 Å². The lowest BCUT2D eigenvalue weighted by molar-refractivity contribution is -0.118. The molecular weight excluding hydrogens is 439 g/mol. The van der Waals surface area contributed by atoms with E-state index in [9.17, 15) is 10.1 Å². The maximum atomic E-state index is 12.4. The minimum Gasteiger partial charge on any atom is -0.481 e. The highest BCUT2D eigenvalue weighted by Crippen LogP contribution is 2.43. The van der Waals surface area contributed by atoms with E-state index in [1.54, 1.807) is 13.8 Å². The number of nitrogens with zero attached hydrogens (tertiary/aromatic N) is 1. The normalized spacial score (nSPS) is 15.7. The van der Waals surface area contributed by atoms with E-state index in [-0.39, 0.29) is 28.3 Å². The van der Waals surface area contributed by atoms with Crippen molar-refractivity contribution in [1.29, 1.82) is 5.26 Å². The molecule has 0 unspecified atom stereocenters. The molecule has 0 aliphatic heterocycles. The molecule has 0 bridgehead atoms. The summed E-state index contributed by atoms with van der Waals surface area (Å²) in [6, 6.07) is 2.24. The Morgan fingerprint density at radius 1 is 1.25 bits per heavy atom. The lowest BCUT2D eigenvalue weighted by atomic mass is 9.89. The van der Waals surface area contributed by atoms with Gasteiger partial charge in [0.1, 0.15) is 11.1 Å². The molecule has 1 N–H and O–H groups in total. The highest BCUT2D eigenvalue weighted by Gasteiger charge is 2.25. The van der Waals surface area contributed by atoms with Crippen LogP contribution in [0.1, 0.15) is 40.5 Å². The second-order valence-corrected chi connectivity index (χ2v) is 9.26. The molecule has 28 heavy (non-hydrogen) atoms. The smallest absolute Gasteiger partial charge is 0.262 e. The first-order valence-corrected chi connectivity index (χ1v) is 10.8. The highest BCUT2D eigenvalue weighted by molar-refractivity contribution is 7.16. The van der Waals surface area contributed by atoms with E-state index in [0.717, 1.165) is 24.8 Å². The summed E-state index contributed by atoms with van der Waals surface area (Å²) in [5, 5.41) is 14.0. The Labute approximate surface area is 183 Å². The molecule has 4 nitrogen and oxygen atoms in total. The van der Waals surface area contributed by atoms with Crippen LogP contribution in [0.5, 0.6) is 5.75 Å². The molecule has 1 amide bonds. The fourth-order valence-corrected chi connectivity index (χ4v) is 5.49. The number of nitrogens with one attached hydrogen (secondary N) is 1. The molecule has 0 spiro atoms. The van der Waals surface area contributed by atoms with Crippen LogP contribution in [0.15, 0.2) is 0 Å². The number of amides is 1. The summed E-state index contributed by atoms with van der Waals surface area (Å²) in [6.45, 7) is 5.45. The van der Waals surface area contributed by atoms with Crippen molar-refractivity contribution >= 4 is 57.0 Å². The number of fused-ring (bicyclic) bond motifs is 1. The number of hydrogen-bond acceptors (Lipinski definition) is 4. The Morgan fingerprint density at radius 2 is 1.89 bits per heavy atom. The van der Waals surface area contributed by atoms with Gasteiger partial charge >= 0.3 is 0 Å². The molecule has 1 heterocycles. The SMILES string of the molecule is Cc1c(Cl)c(C)c(Cl)c(OCC(=O)Nc2sc3c(c2C#N)CC[C@@H](C)C3)c1Cl. The van der Waals surface area contributed by atoms with E-state index in [1.807, 2.05) is 0 Å². The number of ether oxygens (including phenoxy) is 1. The van der Waals surface area contributed by atoms with Crippen molar-refractivity contribution in [2.24, 2.45) is 5.92 Å². The average molecular weight is 458 g/mol. The van der Waals surface area contributed by atoms with Crippen molar-refractivity contribution in [1.82, 2.24) is 0 Å². The summed E-state index contributed by atoms with van der Waals surface area (Å²) in [4.78, 5) is 13.6. The van der Waals surface area contributed by atoms with Gasteiger partial charge in [-0.3, -0.25) is 4.79 Å². The van der Waals surface area contributed by atoms with Gasteiger partial charge in [0.25, 0.3) is 5.91 Å². The van der Waals surface area contributed by atoms with Gasteiger partial charge in [-0.25, -0.2) is 0 Å². The van der Waals surface area contributed by atoms with Crippen LogP contribution in [-0.4, -0.2) is 12.5 Å². The average Bonchev–Trinajstić information content (AvgIpc) is 3.00. The first-order valence-electron chi connectivity index (χ1n) is 8.85. The van der Waals surface area contributed by atoms with Gasteiger partial charge in [0.05, 0.1) is 15.6 Å². The van der Waals surface area contributed by atoms with Crippen LogP contribution in [0.2, 0.25) is 15.1 Å². The minimum absolute atomic E-state index is 0.234. The van der Waals surface area contributed by atoms with Crippen LogP contribution >= 0.6 is 46.1 Å². The maximum absolute atomic E-state index is 12.4. The van der Waals surface area contributed by atoms with Gasteiger partial charge in [0.2, 0.25) is 0 Å². The first-order chi connectivity index (χ1) is 13.2. The van der Waals surface area contributed by atoms with Crippen LogP contribution in [0.3, 0.4) is 0 Å². The van der Waals surface area contributed by atoms with Crippen molar-refractivity contribution in [3.8, 4) is 11.8 Å². The Hall–Kier alpha value is -1.45. The zero-order valence-corrected chi connectivity index (χ0v) is 18.8. The first kappa shape index (κ1) is 21.3. The van der Waals surface area contributed by atoms with Crippen LogP contribution in [0.4, 0.5) is 5.00 Å². The Kier molecular flexibility index (Phi) is 6.46. The third-order valence-corrected chi connectivity index (χ3v) is 7.59. The van der Waals surface area contributed by atoms with Crippen LogP contribution < -0.4 is 10.1 Å². The van der Waals surface area contributed by atoms with E-state index in [0.29, 0.717) is 32.6 Å². The molecule has 1 aromatic carbocycles. The number of thiophene rings is 1. The Bertz CT molecular complexity index is 966. The number of carbonyl (C=O) groups is 1. The predicted molar refractivity (Wildman–Crippen MR) is 115 cm³/mol. The molecule has 1 aliphatic rings. The Balaban J connectivity index is 1.76. The second kappa shape index (κ2) is 8.51. The number of nitriles is 1. The van der Waals surface area contributed by atoms with E-state index in [2.05, 4.69) is 18.3 Å². The zero-order valence-electron chi connectivity index (χ0n) is 15.7.